The fraction of sp³-hybridized carbons (Fsp3) is 0.182. The van der Waals surface area contributed by atoms with E-state index < -0.39 is 5.97 Å². The van der Waals surface area contributed by atoms with Crippen LogP contribution in [0, 0.1) is 0 Å². The van der Waals surface area contributed by atoms with Gasteiger partial charge < -0.3 is 4.74 Å². The Balaban J connectivity index is 3.06. The molecule has 1 unspecified atom stereocenters. The summed E-state index contributed by atoms with van der Waals surface area (Å²) in [6.45, 7) is 5.13. The highest BCUT2D eigenvalue weighted by molar-refractivity contribution is 6.21. The molecule has 1 aromatic rings. The monoisotopic (exact) mass is 210 g/mol. The highest BCUT2D eigenvalue weighted by Crippen LogP contribution is 2.23. The predicted octanol–water partition coefficient (Wildman–Crippen LogP) is 3.29. The summed E-state index contributed by atoms with van der Waals surface area (Å²) in [5.41, 5.74) is 1.25. The van der Waals surface area contributed by atoms with Crippen LogP contribution in [0.3, 0.4) is 0 Å². The normalized spacial score (nSPS) is 11.9. The van der Waals surface area contributed by atoms with E-state index in [1.165, 1.54) is 0 Å². The number of carbonyl (C=O) groups is 1. The molecule has 0 fully saturated rings. The van der Waals surface area contributed by atoms with Gasteiger partial charge in [-0.15, -0.1) is 11.6 Å². The Morgan fingerprint density at radius 2 is 2.21 bits per heavy atom. The molecule has 0 aliphatic heterocycles. The van der Waals surface area contributed by atoms with Crippen molar-refractivity contribution in [3.8, 4) is 0 Å². The zero-order valence-electron chi connectivity index (χ0n) is 7.87. The Hall–Kier alpha value is -1.28. The number of benzene rings is 1. The second kappa shape index (κ2) is 4.82. The van der Waals surface area contributed by atoms with Gasteiger partial charge in [-0.3, -0.25) is 0 Å². The van der Waals surface area contributed by atoms with Crippen LogP contribution in [0.5, 0.6) is 0 Å². The van der Waals surface area contributed by atoms with Crippen LogP contribution in [-0.4, -0.2) is 5.97 Å². The van der Waals surface area contributed by atoms with Crippen molar-refractivity contribution in [1.29, 1.82) is 0 Å². The highest BCUT2D eigenvalue weighted by Gasteiger charge is 2.14. The number of hydrogen-bond acceptors (Lipinski definition) is 2. The van der Waals surface area contributed by atoms with Crippen molar-refractivity contribution in [2.24, 2.45) is 0 Å². The Kier molecular flexibility index (Phi) is 3.72. The van der Waals surface area contributed by atoms with Gasteiger partial charge in [-0.2, -0.15) is 0 Å². The molecular weight excluding hydrogens is 200 g/mol. The molecule has 1 rings (SSSR count). The predicted molar refractivity (Wildman–Crippen MR) is 56.3 cm³/mol. The molecule has 0 bridgehead atoms. The van der Waals surface area contributed by atoms with E-state index in [4.69, 9.17) is 11.6 Å². The van der Waals surface area contributed by atoms with Gasteiger partial charge in [0, 0.05) is 0 Å². The van der Waals surface area contributed by atoms with Gasteiger partial charge in [0.05, 0.1) is 17.2 Å². The van der Waals surface area contributed by atoms with Gasteiger partial charge in [0.15, 0.2) is 0 Å². The maximum atomic E-state index is 11.4. The Morgan fingerprint density at radius 3 is 2.79 bits per heavy atom. The third kappa shape index (κ3) is 2.36. The first kappa shape index (κ1) is 10.8. The van der Waals surface area contributed by atoms with E-state index in [9.17, 15) is 4.79 Å². The lowest BCUT2D eigenvalue weighted by Crippen LogP contribution is -2.05. The molecule has 14 heavy (non-hydrogen) atoms. The van der Waals surface area contributed by atoms with E-state index in [1.54, 1.807) is 18.2 Å². The summed E-state index contributed by atoms with van der Waals surface area (Å²) < 4.78 is 4.69. The molecule has 0 amide bonds. The summed E-state index contributed by atoms with van der Waals surface area (Å²) in [6.07, 6.45) is 1.11. The molecule has 0 N–H and O–H groups in total. The Morgan fingerprint density at radius 1 is 1.57 bits per heavy atom. The van der Waals surface area contributed by atoms with E-state index in [0.717, 1.165) is 11.8 Å². The van der Waals surface area contributed by atoms with E-state index in [1.807, 2.05) is 13.0 Å². The molecule has 0 aliphatic rings. The van der Waals surface area contributed by atoms with E-state index >= 15 is 0 Å². The first-order chi connectivity index (χ1) is 6.66. The van der Waals surface area contributed by atoms with Gasteiger partial charge in [-0.1, -0.05) is 24.8 Å². The average molecular weight is 211 g/mol. The highest BCUT2D eigenvalue weighted by atomic mass is 35.5. The minimum atomic E-state index is -0.428. The Labute approximate surface area is 88.1 Å². The number of esters is 1. The minimum absolute atomic E-state index is 0.219. The lowest BCUT2D eigenvalue weighted by atomic mass is 10.1. The van der Waals surface area contributed by atoms with E-state index in [-0.39, 0.29) is 5.38 Å². The minimum Gasteiger partial charge on any atom is -0.432 e. The largest absolute Gasteiger partial charge is 0.432 e. The Bertz CT molecular complexity index is 345. The standard InChI is InChI=1S/C11H11ClO2/c1-3-14-11(13)10-7-5-4-6-9(10)8(2)12/h3-8H,1H2,2H3. The van der Waals surface area contributed by atoms with Crippen LogP contribution in [0.2, 0.25) is 0 Å². The number of carbonyl (C=O) groups excluding carboxylic acids is 1. The molecule has 3 heteroatoms. The molecule has 0 aromatic heterocycles. The van der Waals surface area contributed by atoms with Crippen molar-refractivity contribution in [3.63, 3.8) is 0 Å². The molecule has 74 valence electrons. The zero-order valence-corrected chi connectivity index (χ0v) is 8.62. The van der Waals surface area contributed by atoms with Crippen molar-refractivity contribution in [2.75, 3.05) is 0 Å². The second-order valence-electron chi connectivity index (χ2n) is 2.78. The molecule has 0 spiro atoms. The van der Waals surface area contributed by atoms with Crippen LogP contribution < -0.4 is 0 Å². The van der Waals surface area contributed by atoms with Crippen LogP contribution in [0.15, 0.2) is 37.1 Å². The van der Waals surface area contributed by atoms with Crippen LogP contribution in [0.25, 0.3) is 0 Å². The van der Waals surface area contributed by atoms with Gasteiger partial charge >= 0.3 is 5.97 Å². The number of halogens is 1. The molecular formula is C11H11ClO2. The maximum absolute atomic E-state index is 11.4. The zero-order chi connectivity index (χ0) is 10.6. The third-order valence-corrected chi connectivity index (χ3v) is 2.03. The summed E-state index contributed by atoms with van der Waals surface area (Å²) in [4.78, 5) is 11.4. The van der Waals surface area contributed by atoms with Gasteiger partial charge in [0.25, 0.3) is 0 Å². The summed E-state index contributed by atoms with van der Waals surface area (Å²) in [7, 11) is 0. The van der Waals surface area contributed by atoms with Gasteiger partial charge in [0.1, 0.15) is 0 Å². The summed E-state index contributed by atoms with van der Waals surface area (Å²) in [5, 5.41) is -0.219. The molecule has 2 nitrogen and oxygen atoms in total. The lowest BCUT2D eigenvalue weighted by Gasteiger charge is -2.08. The summed E-state index contributed by atoms with van der Waals surface area (Å²) >= 11 is 5.92. The lowest BCUT2D eigenvalue weighted by molar-refractivity contribution is 0.0663. The van der Waals surface area contributed by atoms with E-state index in [2.05, 4.69) is 11.3 Å². The molecule has 0 saturated heterocycles. The molecule has 0 heterocycles. The van der Waals surface area contributed by atoms with Crippen molar-refractivity contribution in [2.45, 2.75) is 12.3 Å². The summed E-state index contributed by atoms with van der Waals surface area (Å²) in [6, 6.07) is 7.08. The fourth-order valence-corrected chi connectivity index (χ4v) is 1.36. The first-order valence-corrected chi connectivity index (χ1v) is 4.65. The number of ether oxygens (including phenoxy) is 1. The number of rotatable bonds is 3. The van der Waals surface area contributed by atoms with Crippen LogP contribution >= 0.6 is 11.6 Å². The smallest absolute Gasteiger partial charge is 0.343 e. The topological polar surface area (TPSA) is 26.3 Å². The molecule has 1 atom stereocenters. The van der Waals surface area contributed by atoms with Crippen LogP contribution in [-0.2, 0) is 4.74 Å². The second-order valence-corrected chi connectivity index (χ2v) is 3.43. The van der Waals surface area contributed by atoms with Gasteiger partial charge in [-0.25, -0.2) is 4.79 Å². The molecule has 1 aromatic carbocycles. The van der Waals surface area contributed by atoms with Gasteiger partial charge in [-0.05, 0) is 18.6 Å². The average Bonchev–Trinajstić information content (AvgIpc) is 2.18. The quantitative estimate of drug-likeness (QED) is 0.435. The molecule has 0 saturated carbocycles. The first-order valence-electron chi connectivity index (χ1n) is 4.21. The molecule has 0 radical (unpaired) electrons. The van der Waals surface area contributed by atoms with Crippen molar-refractivity contribution in [3.05, 3.63) is 48.2 Å². The van der Waals surface area contributed by atoms with Crippen molar-refractivity contribution in [1.82, 2.24) is 0 Å². The number of alkyl halides is 1. The van der Waals surface area contributed by atoms with Crippen LogP contribution in [0.4, 0.5) is 0 Å². The van der Waals surface area contributed by atoms with E-state index in [0.29, 0.717) is 5.56 Å². The number of hydrogen-bond donors (Lipinski definition) is 0. The van der Waals surface area contributed by atoms with Crippen LogP contribution in [0.1, 0.15) is 28.2 Å². The SMILES string of the molecule is C=COC(=O)c1ccccc1C(C)Cl. The summed E-state index contributed by atoms with van der Waals surface area (Å²) in [5.74, 6) is -0.428. The van der Waals surface area contributed by atoms with Gasteiger partial charge in [0.2, 0.25) is 0 Å². The molecule has 0 aliphatic carbocycles. The van der Waals surface area contributed by atoms with Crippen molar-refractivity contribution >= 4 is 17.6 Å². The fourth-order valence-electron chi connectivity index (χ4n) is 1.17. The third-order valence-electron chi connectivity index (χ3n) is 1.80. The van der Waals surface area contributed by atoms with Crippen molar-refractivity contribution < 1.29 is 9.53 Å². The maximum Gasteiger partial charge on any atom is 0.343 e.